The zero-order valence-electron chi connectivity index (χ0n) is 44.3. The van der Waals surface area contributed by atoms with Gasteiger partial charge in [-0.25, -0.2) is 0 Å². The number of rotatable bonds is 34. The molecule has 12 atom stereocenters. The van der Waals surface area contributed by atoms with Gasteiger partial charge in [-0.3, -0.25) is 47.9 Å². The first-order valence-corrected chi connectivity index (χ1v) is 25.8. The normalized spacial score (nSPS) is 17.6. The molecular formula is C47H89N15O12. The molecule has 0 radical (unpaired) electrons. The van der Waals surface area contributed by atoms with Crippen molar-refractivity contribution in [1.82, 2.24) is 53.2 Å². The van der Waals surface area contributed by atoms with Gasteiger partial charge >= 0.3 is 0 Å². The van der Waals surface area contributed by atoms with Crippen molar-refractivity contribution >= 4 is 59.1 Å². The molecule has 1 aliphatic rings. The molecule has 1 fully saturated rings. The molecule has 27 heteroatoms. The fraction of sp³-hybridized carbons (Fsp3) is 0.787. The summed E-state index contributed by atoms with van der Waals surface area (Å²) in [6.07, 6.45) is 1.87. The van der Waals surface area contributed by atoms with Gasteiger partial charge in [0.15, 0.2) is 0 Å². The smallest absolute Gasteiger partial charge is 0.245 e. The molecule has 0 aliphatic heterocycles. The van der Waals surface area contributed by atoms with Gasteiger partial charge in [0, 0.05) is 19.0 Å². The van der Waals surface area contributed by atoms with E-state index in [2.05, 4.69) is 53.2 Å². The Kier molecular flexibility index (Phi) is 31.3. The molecule has 0 bridgehead atoms. The minimum atomic E-state index is -1.71. The zero-order chi connectivity index (χ0) is 56.2. The topological polar surface area (TPSA) is 462 Å². The molecule has 1 rings (SSSR count). The van der Waals surface area contributed by atoms with Crippen LogP contribution in [0.3, 0.4) is 0 Å². The van der Waals surface area contributed by atoms with E-state index in [0.29, 0.717) is 0 Å². The molecule has 0 saturated heterocycles. The minimum absolute atomic E-state index is 0.00481. The Morgan fingerprint density at radius 1 is 0.459 bits per heavy atom. The molecule has 424 valence electrons. The number of aliphatic hydroxyl groups excluding tert-OH is 2. The summed E-state index contributed by atoms with van der Waals surface area (Å²) in [6, 6.07) is -12.4. The van der Waals surface area contributed by atoms with Crippen LogP contribution in [0.1, 0.15) is 119 Å². The van der Waals surface area contributed by atoms with Crippen molar-refractivity contribution in [2.45, 2.75) is 192 Å². The number of nitrogens with two attached hydrogens (primary N) is 5. The van der Waals surface area contributed by atoms with E-state index in [9.17, 15) is 58.2 Å². The second kappa shape index (κ2) is 34.8. The van der Waals surface area contributed by atoms with Crippen LogP contribution >= 0.6 is 0 Å². The van der Waals surface area contributed by atoms with Crippen LogP contribution in [0, 0.1) is 11.8 Å². The first-order valence-electron chi connectivity index (χ1n) is 25.8. The number of aliphatic hydroxyl groups is 2. The van der Waals surface area contributed by atoms with Crippen molar-refractivity contribution in [3.05, 3.63) is 0 Å². The molecule has 0 heterocycles. The molecule has 27 nitrogen and oxygen atoms in total. The summed E-state index contributed by atoms with van der Waals surface area (Å²) in [6.45, 7) is 10.3. The van der Waals surface area contributed by atoms with Crippen LogP contribution in [-0.4, -0.2) is 175 Å². The highest BCUT2D eigenvalue weighted by Crippen LogP contribution is 2.26. The standard InChI is InChI=1S/C47H89N15O12/c1-8-53-46(73)37(27(6)63)61-44(71)34(17-21-51)58-42(69)33(16-20-50)59-47(74)38(28(7)64)62-45(72)35(22-24(2)3)60-43(70)32(15-19-49)57-40(67)26(5)55-41(68)31(14-18-48)56-39(66)25(4)54-36(65)23-30(52)29-12-10-9-11-13-29/h24-35,37-38,63-64H,8-23,48-52H2,1-7H3,(H,53,73)(H,54,65)(H,55,68)(H,56,66)(H,57,67)(H,58,69)(H,59,74)(H,60,70)(H,61,71)(H,62,72)/t25-,26-,27?,28-,30?,31-,32-,33-,34-,35+,37-,38-/m0/s1. The number of amides is 10. The minimum Gasteiger partial charge on any atom is -0.391 e. The Balaban J connectivity index is 3.10. The summed E-state index contributed by atoms with van der Waals surface area (Å²) in [5.41, 5.74) is 29.3. The molecule has 1 saturated carbocycles. The predicted molar refractivity (Wildman–Crippen MR) is 274 cm³/mol. The maximum absolute atomic E-state index is 13.9. The van der Waals surface area contributed by atoms with Crippen molar-refractivity contribution < 1.29 is 58.2 Å². The van der Waals surface area contributed by atoms with Crippen LogP contribution in [-0.2, 0) is 47.9 Å². The second-order valence-electron chi connectivity index (χ2n) is 19.4. The monoisotopic (exact) mass is 1060 g/mol. The largest absolute Gasteiger partial charge is 0.391 e. The summed E-state index contributed by atoms with van der Waals surface area (Å²) in [5, 5.41) is 45.9. The average Bonchev–Trinajstić information content (AvgIpc) is 3.33. The summed E-state index contributed by atoms with van der Waals surface area (Å²) in [7, 11) is 0. The second-order valence-corrected chi connectivity index (χ2v) is 19.4. The number of likely N-dealkylation sites (N-methyl/N-ethyl adjacent to an activating group) is 1. The van der Waals surface area contributed by atoms with Gasteiger partial charge in [0.25, 0.3) is 0 Å². The lowest BCUT2D eigenvalue weighted by atomic mass is 9.83. The van der Waals surface area contributed by atoms with Gasteiger partial charge in [-0.15, -0.1) is 0 Å². The molecule has 0 aromatic carbocycles. The van der Waals surface area contributed by atoms with E-state index in [1.54, 1.807) is 20.8 Å². The third-order valence-electron chi connectivity index (χ3n) is 12.4. The van der Waals surface area contributed by atoms with Gasteiger partial charge in [0.1, 0.15) is 54.4 Å². The summed E-state index contributed by atoms with van der Waals surface area (Å²) in [5.74, 6) is -7.92. The third-order valence-corrected chi connectivity index (χ3v) is 12.4. The Morgan fingerprint density at radius 3 is 1.22 bits per heavy atom. The Labute approximate surface area is 434 Å². The Hall–Kier alpha value is -5.58. The quantitative estimate of drug-likeness (QED) is 0.0285. The molecule has 0 aromatic rings. The SMILES string of the molecule is CCNC(=O)[C@@H](NC(=O)[C@H](CCN)NC(=O)[C@H](CCN)NC(=O)[C@@H](NC(=O)[C@@H](CC(C)C)NC(=O)[C@H](CCN)NC(=O)[C@H](C)NC(=O)[C@H](CCN)NC(=O)[C@H](C)NC(=O)CC(N)C1CCCCC1)[C@H](C)O)C(C)O. The van der Waals surface area contributed by atoms with E-state index in [-0.39, 0.29) is 89.1 Å². The number of hydrogen-bond donors (Lipinski definition) is 17. The van der Waals surface area contributed by atoms with Crippen molar-refractivity contribution in [2.75, 3.05) is 32.7 Å². The fourth-order valence-corrected chi connectivity index (χ4v) is 8.14. The highest BCUT2D eigenvalue weighted by molar-refractivity contribution is 5.98. The van der Waals surface area contributed by atoms with Crippen molar-refractivity contribution in [2.24, 2.45) is 40.5 Å². The van der Waals surface area contributed by atoms with Crippen LogP contribution in [0.4, 0.5) is 0 Å². The summed E-state index contributed by atoms with van der Waals surface area (Å²) < 4.78 is 0. The van der Waals surface area contributed by atoms with Gasteiger partial charge in [-0.05, 0) is 118 Å². The fourth-order valence-electron chi connectivity index (χ4n) is 8.14. The summed E-state index contributed by atoms with van der Waals surface area (Å²) in [4.78, 5) is 133. The first kappa shape index (κ1) is 66.4. The van der Waals surface area contributed by atoms with Crippen LogP contribution in [0.25, 0.3) is 0 Å². The van der Waals surface area contributed by atoms with Crippen molar-refractivity contribution in [3.8, 4) is 0 Å². The van der Waals surface area contributed by atoms with E-state index in [1.165, 1.54) is 27.7 Å². The lowest BCUT2D eigenvalue weighted by Crippen LogP contribution is -2.62. The van der Waals surface area contributed by atoms with E-state index in [1.807, 2.05) is 0 Å². The van der Waals surface area contributed by atoms with E-state index in [4.69, 9.17) is 28.7 Å². The van der Waals surface area contributed by atoms with Crippen LogP contribution in [0.15, 0.2) is 0 Å². The van der Waals surface area contributed by atoms with Crippen molar-refractivity contribution in [3.63, 3.8) is 0 Å². The predicted octanol–water partition coefficient (Wildman–Crippen LogP) is -5.97. The molecular weight excluding hydrogens is 967 g/mol. The number of hydrogen-bond acceptors (Lipinski definition) is 17. The highest BCUT2D eigenvalue weighted by Gasteiger charge is 2.36. The number of carbonyl (C=O) groups is 10. The third kappa shape index (κ3) is 23.7. The van der Waals surface area contributed by atoms with Crippen molar-refractivity contribution in [1.29, 1.82) is 0 Å². The summed E-state index contributed by atoms with van der Waals surface area (Å²) >= 11 is 0. The maximum Gasteiger partial charge on any atom is 0.245 e. The molecule has 10 amide bonds. The van der Waals surface area contributed by atoms with Crippen LogP contribution in [0.2, 0.25) is 0 Å². The number of carbonyl (C=O) groups excluding carboxylic acids is 10. The highest BCUT2D eigenvalue weighted by atomic mass is 16.3. The Bertz CT molecular complexity index is 1840. The van der Waals surface area contributed by atoms with Crippen LogP contribution < -0.4 is 81.8 Å². The average molecular weight is 1060 g/mol. The van der Waals surface area contributed by atoms with Crippen LogP contribution in [0.5, 0.6) is 0 Å². The van der Waals surface area contributed by atoms with Gasteiger partial charge < -0.3 is 92.0 Å². The lowest BCUT2D eigenvalue weighted by Gasteiger charge is -2.29. The van der Waals surface area contributed by atoms with E-state index >= 15 is 0 Å². The van der Waals surface area contributed by atoms with Gasteiger partial charge in [-0.2, -0.15) is 0 Å². The van der Waals surface area contributed by atoms with E-state index in [0.717, 1.165) is 32.1 Å². The van der Waals surface area contributed by atoms with Gasteiger partial charge in [0.2, 0.25) is 59.1 Å². The number of nitrogens with one attached hydrogen (secondary N) is 10. The zero-order valence-corrected chi connectivity index (χ0v) is 44.3. The Morgan fingerprint density at radius 2 is 0.811 bits per heavy atom. The molecule has 74 heavy (non-hydrogen) atoms. The molecule has 22 N–H and O–H groups in total. The first-order chi connectivity index (χ1) is 34.8. The lowest BCUT2D eigenvalue weighted by molar-refractivity contribution is -0.137. The van der Waals surface area contributed by atoms with Gasteiger partial charge in [-0.1, -0.05) is 33.1 Å². The van der Waals surface area contributed by atoms with E-state index < -0.39 is 126 Å². The molecule has 0 spiro atoms. The molecule has 1 aliphatic carbocycles. The molecule has 2 unspecified atom stereocenters. The molecule has 0 aromatic heterocycles. The maximum atomic E-state index is 13.9. The van der Waals surface area contributed by atoms with Gasteiger partial charge in [0.05, 0.1) is 12.2 Å².